The van der Waals surface area contributed by atoms with Gasteiger partial charge in [0, 0.05) is 5.02 Å². The van der Waals surface area contributed by atoms with E-state index < -0.39 is 38.3 Å². The third-order valence-electron chi connectivity index (χ3n) is 4.76. The maximum Gasteiger partial charge on any atom is 0.291 e. The second kappa shape index (κ2) is 7.62. The monoisotopic (exact) mass is 447 g/mol. The predicted molar refractivity (Wildman–Crippen MR) is 107 cm³/mol. The topological polar surface area (TPSA) is 87.8 Å². The van der Waals surface area contributed by atoms with Gasteiger partial charge >= 0.3 is 0 Å². The summed E-state index contributed by atoms with van der Waals surface area (Å²) < 4.78 is 45.5. The molecule has 0 radical (unpaired) electrons. The molecule has 9 heteroatoms. The minimum absolute atomic E-state index is 0.0857. The van der Waals surface area contributed by atoms with Gasteiger partial charge in [0.1, 0.15) is 16.5 Å². The second-order valence-corrected chi connectivity index (χ2v) is 8.99. The first-order valence-corrected chi connectivity index (χ1v) is 10.7. The average molecular weight is 448 g/mol. The van der Waals surface area contributed by atoms with Crippen LogP contribution in [0, 0.1) is 5.82 Å². The molecule has 1 atom stereocenters. The number of halogens is 2. The molecule has 1 aromatic heterocycles. The quantitative estimate of drug-likeness (QED) is 0.626. The van der Waals surface area contributed by atoms with Crippen molar-refractivity contribution in [1.82, 2.24) is 4.90 Å². The van der Waals surface area contributed by atoms with Crippen molar-refractivity contribution < 1.29 is 27.1 Å². The van der Waals surface area contributed by atoms with Crippen molar-refractivity contribution in [2.45, 2.75) is 17.5 Å². The summed E-state index contributed by atoms with van der Waals surface area (Å²) in [7, 11) is -4.27. The SMILES string of the molecule is O=C1C(O)=C(S(=O)(=O)c2ccc(Cl)cc2)[C@@H](c2ccc(F)cc2)N1Cc1ccco1. The van der Waals surface area contributed by atoms with Crippen LogP contribution in [-0.2, 0) is 21.2 Å². The molecule has 4 rings (SSSR count). The molecule has 1 aliphatic rings. The molecule has 2 aromatic carbocycles. The molecule has 1 N–H and O–H groups in total. The number of carbonyl (C=O) groups is 1. The van der Waals surface area contributed by atoms with Crippen molar-refractivity contribution in [3.05, 3.63) is 99.8 Å². The maximum atomic E-state index is 13.5. The van der Waals surface area contributed by atoms with Crippen LogP contribution in [0.25, 0.3) is 0 Å². The summed E-state index contributed by atoms with van der Waals surface area (Å²) in [4.78, 5) is 13.4. The summed E-state index contributed by atoms with van der Waals surface area (Å²) in [6.45, 7) is -0.0857. The molecule has 154 valence electrons. The van der Waals surface area contributed by atoms with Crippen LogP contribution in [0.3, 0.4) is 0 Å². The van der Waals surface area contributed by atoms with Gasteiger partial charge in [-0.2, -0.15) is 0 Å². The van der Waals surface area contributed by atoms with Crippen molar-refractivity contribution in [2.24, 2.45) is 0 Å². The van der Waals surface area contributed by atoms with E-state index in [4.69, 9.17) is 16.0 Å². The zero-order valence-electron chi connectivity index (χ0n) is 15.3. The highest BCUT2D eigenvalue weighted by molar-refractivity contribution is 7.95. The lowest BCUT2D eigenvalue weighted by Crippen LogP contribution is -2.30. The minimum atomic E-state index is -4.27. The van der Waals surface area contributed by atoms with Gasteiger partial charge in [0.05, 0.1) is 23.7 Å². The Morgan fingerprint density at radius 3 is 2.33 bits per heavy atom. The highest BCUT2D eigenvalue weighted by Crippen LogP contribution is 2.43. The van der Waals surface area contributed by atoms with Gasteiger partial charge in [0.2, 0.25) is 9.84 Å². The fourth-order valence-electron chi connectivity index (χ4n) is 3.35. The number of sulfone groups is 1. The zero-order valence-corrected chi connectivity index (χ0v) is 16.9. The average Bonchev–Trinajstić information content (AvgIpc) is 3.31. The zero-order chi connectivity index (χ0) is 21.5. The van der Waals surface area contributed by atoms with Crippen LogP contribution in [0.4, 0.5) is 4.39 Å². The Morgan fingerprint density at radius 1 is 1.07 bits per heavy atom. The fourth-order valence-corrected chi connectivity index (χ4v) is 5.13. The first-order chi connectivity index (χ1) is 14.3. The van der Waals surface area contributed by atoms with Crippen LogP contribution in [0.15, 0.2) is 86.9 Å². The van der Waals surface area contributed by atoms with Gasteiger partial charge in [0.15, 0.2) is 5.76 Å². The Labute approximate surface area is 176 Å². The number of aliphatic hydroxyl groups is 1. The summed E-state index contributed by atoms with van der Waals surface area (Å²) >= 11 is 5.85. The Kier molecular flexibility index (Phi) is 5.13. The predicted octanol–water partition coefficient (Wildman–Crippen LogP) is 4.40. The van der Waals surface area contributed by atoms with Crippen LogP contribution in [0.1, 0.15) is 17.4 Å². The molecule has 6 nitrogen and oxygen atoms in total. The van der Waals surface area contributed by atoms with Gasteiger partial charge in [-0.15, -0.1) is 0 Å². The van der Waals surface area contributed by atoms with Crippen LogP contribution in [-0.4, -0.2) is 24.3 Å². The Bertz CT molecular complexity index is 1220. The minimum Gasteiger partial charge on any atom is -0.502 e. The van der Waals surface area contributed by atoms with Gasteiger partial charge in [-0.25, -0.2) is 12.8 Å². The van der Waals surface area contributed by atoms with Crippen molar-refractivity contribution in [2.75, 3.05) is 0 Å². The molecule has 0 bridgehead atoms. The smallest absolute Gasteiger partial charge is 0.291 e. The molecule has 0 saturated carbocycles. The van der Waals surface area contributed by atoms with E-state index in [2.05, 4.69) is 0 Å². The van der Waals surface area contributed by atoms with E-state index in [1.165, 1.54) is 47.6 Å². The van der Waals surface area contributed by atoms with E-state index in [0.29, 0.717) is 16.3 Å². The van der Waals surface area contributed by atoms with Gasteiger partial charge in [-0.05, 0) is 54.1 Å². The Morgan fingerprint density at radius 2 is 1.73 bits per heavy atom. The van der Waals surface area contributed by atoms with Crippen molar-refractivity contribution >= 4 is 27.3 Å². The summed E-state index contributed by atoms with van der Waals surface area (Å²) in [6, 6.07) is 12.5. The largest absolute Gasteiger partial charge is 0.502 e. The van der Waals surface area contributed by atoms with E-state index >= 15 is 0 Å². The van der Waals surface area contributed by atoms with E-state index in [0.717, 1.165) is 12.1 Å². The molecule has 30 heavy (non-hydrogen) atoms. The normalized spacial score (nSPS) is 17.1. The van der Waals surface area contributed by atoms with E-state index in [1.54, 1.807) is 12.1 Å². The van der Waals surface area contributed by atoms with Crippen molar-refractivity contribution in [1.29, 1.82) is 0 Å². The van der Waals surface area contributed by atoms with Crippen LogP contribution in [0.5, 0.6) is 0 Å². The molecule has 1 amide bonds. The van der Waals surface area contributed by atoms with Crippen LogP contribution < -0.4 is 0 Å². The molecule has 2 heterocycles. The molecule has 0 fully saturated rings. The Balaban J connectivity index is 1.86. The number of hydrogen-bond acceptors (Lipinski definition) is 5. The van der Waals surface area contributed by atoms with E-state index in [9.17, 15) is 22.7 Å². The number of rotatable bonds is 5. The number of amides is 1. The number of aliphatic hydroxyl groups excluding tert-OH is 1. The molecule has 0 saturated heterocycles. The first-order valence-electron chi connectivity index (χ1n) is 8.81. The lowest BCUT2D eigenvalue weighted by atomic mass is 10.1. The number of carbonyl (C=O) groups excluding carboxylic acids is 1. The summed E-state index contributed by atoms with van der Waals surface area (Å²) in [5, 5.41) is 10.9. The third-order valence-corrected chi connectivity index (χ3v) is 6.90. The third kappa shape index (κ3) is 3.48. The van der Waals surface area contributed by atoms with Gasteiger partial charge < -0.3 is 14.4 Å². The summed E-state index contributed by atoms with van der Waals surface area (Å²) in [5.74, 6) is -1.87. The number of benzene rings is 2. The van der Waals surface area contributed by atoms with Crippen molar-refractivity contribution in [3.63, 3.8) is 0 Å². The van der Waals surface area contributed by atoms with Crippen LogP contribution in [0.2, 0.25) is 5.02 Å². The Hall–Kier alpha value is -3.10. The standard InChI is InChI=1S/C21H15ClFNO5S/c22-14-5-9-17(10-6-14)30(27,28)20-18(13-3-7-15(23)8-4-13)24(21(26)19(20)25)12-16-2-1-11-29-16/h1-11,18,25H,12H2/t18-/m1/s1. The second-order valence-electron chi connectivity index (χ2n) is 6.64. The lowest BCUT2D eigenvalue weighted by molar-refractivity contribution is -0.130. The maximum absolute atomic E-state index is 13.5. The van der Waals surface area contributed by atoms with Crippen LogP contribution >= 0.6 is 11.6 Å². The molecule has 0 spiro atoms. The fraction of sp³-hybridized carbons (Fsp3) is 0.0952. The molecule has 0 aliphatic carbocycles. The number of hydrogen-bond donors (Lipinski definition) is 1. The van der Waals surface area contributed by atoms with Gasteiger partial charge in [-0.3, -0.25) is 4.79 Å². The molecule has 3 aromatic rings. The summed E-state index contributed by atoms with van der Waals surface area (Å²) in [6.07, 6.45) is 1.42. The molecular formula is C21H15ClFNO5S. The summed E-state index contributed by atoms with van der Waals surface area (Å²) in [5.41, 5.74) is 0.327. The highest BCUT2D eigenvalue weighted by Gasteiger charge is 2.47. The van der Waals surface area contributed by atoms with E-state index in [-0.39, 0.29) is 11.4 Å². The number of furan rings is 1. The lowest BCUT2D eigenvalue weighted by Gasteiger charge is -2.26. The van der Waals surface area contributed by atoms with Gasteiger partial charge in [-0.1, -0.05) is 23.7 Å². The highest BCUT2D eigenvalue weighted by atomic mass is 35.5. The molecule has 1 aliphatic heterocycles. The molecule has 0 unspecified atom stereocenters. The molecular weight excluding hydrogens is 433 g/mol. The van der Waals surface area contributed by atoms with Crippen molar-refractivity contribution in [3.8, 4) is 0 Å². The van der Waals surface area contributed by atoms with E-state index in [1.807, 2.05) is 0 Å². The van der Waals surface area contributed by atoms with Gasteiger partial charge in [0.25, 0.3) is 5.91 Å². The first kappa shape index (κ1) is 20.2. The number of nitrogens with zero attached hydrogens (tertiary/aromatic N) is 1.